The van der Waals surface area contributed by atoms with Crippen molar-refractivity contribution in [2.45, 2.75) is 148 Å². The highest BCUT2D eigenvalue weighted by Gasteiger charge is 2.68. The Labute approximate surface area is 308 Å². The molecule has 5 heteroatoms. The van der Waals surface area contributed by atoms with Crippen LogP contribution in [0.15, 0.2) is 53.6 Å². The lowest BCUT2D eigenvalue weighted by atomic mass is 9.34. The first kappa shape index (κ1) is 36.0. The summed E-state index contributed by atoms with van der Waals surface area (Å²) in [7, 11) is 0. The number of benzene rings is 1. The van der Waals surface area contributed by atoms with E-state index in [0.29, 0.717) is 42.0 Å². The summed E-state index contributed by atoms with van der Waals surface area (Å²) in [6.45, 7) is 13.5. The van der Waals surface area contributed by atoms with Gasteiger partial charge in [-0.05, 0) is 165 Å². The second-order valence-corrected chi connectivity index (χ2v) is 19.3. The molecule has 0 radical (unpaired) electrons. The van der Waals surface area contributed by atoms with Crippen LogP contribution in [0.2, 0.25) is 0 Å². The minimum absolute atomic E-state index is 0.0175. The molecule has 0 amide bonds. The van der Waals surface area contributed by atoms with Gasteiger partial charge in [0.05, 0.1) is 11.5 Å². The smallest absolute Gasteiger partial charge is 0.309 e. The van der Waals surface area contributed by atoms with Crippen molar-refractivity contribution in [2.24, 2.45) is 51.8 Å². The number of carbonyl (C=O) groups excluding carboxylic acids is 1. The van der Waals surface area contributed by atoms with Crippen molar-refractivity contribution in [3.05, 3.63) is 59.2 Å². The molecule has 5 fully saturated rings. The lowest BCUT2D eigenvalue weighted by molar-refractivity contribution is -0.212. The van der Waals surface area contributed by atoms with Gasteiger partial charge in [-0.1, -0.05) is 76.6 Å². The van der Waals surface area contributed by atoms with Crippen LogP contribution in [0.4, 0.5) is 0 Å². The Hall–Kier alpha value is -1.95. The first-order valence-corrected chi connectivity index (χ1v) is 21.2. The SMILES string of the molecule is CC1C(C2=CC[C@H](C(=O)OCc3ccccc3)CC2)=CC[C@@]2(C)C1CC[C@]1(C)C2CC[C@@H]2[C@H]3CCC[C@]3(NCCC3(O)CCOCC3)CC[C@]21C. The molecular formula is C46H67NO4. The molecule has 5 nitrogen and oxygen atoms in total. The predicted octanol–water partition coefficient (Wildman–Crippen LogP) is 9.73. The molecule has 51 heavy (non-hydrogen) atoms. The van der Waals surface area contributed by atoms with E-state index in [4.69, 9.17) is 9.47 Å². The molecule has 10 atom stereocenters. The van der Waals surface area contributed by atoms with Gasteiger partial charge in [0.1, 0.15) is 6.61 Å². The second-order valence-electron chi connectivity index (χ2n) is 19.3. The summed E-state index contributed by atoms with van der Waals surface area (Å²) in [6, 6.07) is 10.0. The third kappa shape index (κ3) is 6.12. The zero-order valence-corrected chi connectivity index (χ0v) is 32.3. The Morgan fingerprint density at radius 1 is 0.882 bits per heavy atom. The summed E-state index contributed by atoms with van der Waals surface area (Å²) < 4.78 is 11.3. The number of ether oxygens (including phenoxy) is 2. The van der Waals surface area contributed by atoms with Crippen LogP contribution in [0.5, 0.6) is 0 Å². The third-order valence-electron chi connectivity index (χ3n) is 17.4. The van der Waals surface area contributed by atoms with E-state index in [2.05, 4.69) is 45.2 Å². The maximum Gasteiger partial charge on any atom is 0.309 e. The van der Waals surface area contributed by atoms with Crippen LogP contribution in [-0.4, -0.2) is 42.0 Å². The number of carbonyl (C=O) groups is 1. The lowest BCUT2D eigenvalue weighted by Crippen LogP contribution is -2.67. The zero-order valence-electron chi connectivity index (χ0n) is 32.3. The topological polar surface area (TPSA) is 67.8 Å². The van der Waals surface area contributed by atoms with Crippen LogP contribution >= 0.6 is 0 Å². The third-order valence-corrected chi connectivity index (χ3v) is 17.4. The van der Waals surface area contributed by atoms with Gasteiger partial charge in [0.15, 0.2) is 0 Å². The van der Waals surface area contributed by atoms with Crippen molar-refractivity contribution in [2.75, 3.05) is 19.8 Å². The van der Waals surface area contributed by atoms with Crippen molar-refractivity contribution in [1.29, 1.82) is 0 Å². The Morgan fingerprint density at radius 3 is 2.45 bits per heavy atom. The van der Waals surface area contributed by atoms with Crippen molar-refractivity contribution < 1.29 is 19.4 Å². The summed E-state index contributed by atoms with van der Waals surface area (Å²) in [4.78, 5) is 13.0. The summed E-state index contributed by atoms with van der Waals surface area (Å²) in [5, 5.41) is 15.4. The van der Waals surface area contributed by atoms with Gasteiger partial charge in [-0.3, -0.25) is 4.79 Å². The molecule has 1 aromatic carbocycles. The van der Waals surface area contributed by atoms with Crippen LogP contribution in [-0.2, 0) is 20.9 Å². The van der Waals surface area contributed by atoms with E-state index in [9.17, 15) is 9.90 Å². The minimum Gasteiger partial charge on any atom is -0.461 e. The summed E-state index contributed by atoms with van der Waals surface area (Å²) >= 11 is 0. The van der Waals surface area contributed by atoms with Crippen molar-refractivity contribution in [1.82, 2.24) is 5.32 Å². The molecule has 1 aromatic rings. The standard InChI is InChI=1S/C46H67NO4/c1-32-36(34-12-14-35(15-13-34)41(48)51-31-33-9-6-5-7-10-33)18-21-42(2)37(32)19-22-44(4)40(42)17-16-38-39-11-8-20-46(39,24-23-43(38,44)3)47-28-25-45(49)26-29-50-30-27-45/h5-7,9-10,12,18,32,35,37-40,47,49H,8,11,13-17,19-31H2,1-4H3/t32?,35-,37?,38+,39+,40?,42-,43+,44+,46-/m0/s1. The van der Waals surface area contributed by atoms with Gasteiger partial charge in [-0.2, -0.15) is 0 Å². The average Bonchev–Trinajstić information content (AvgIpc) is 3.56. The van der Waals surface area contributed by atoms with Gasteiger partial charge >= 0.3 is 5.97 Å². The number of rotatable bonds is 8. The van der Waals surface area contributed by atoms with E-state index < -0.39 is 5.60 Å². The molecule has 280 valence electrons. The van der Waals surface area contributed by atoms with Gasteiger partial charge < -0.3 is 19.9 Å². The van der Waals surface area contributed by atoms with E-state index in [1.807, 2.05) is 30.3 Å². The van der Waals surface area contributed by atoms with Gasteiger partial charge in [0.2, 0.25) is 0 Å². The molecular weight excluding hydrogens is 631 g/mol. The zero-order chi connectivity index (χ0) is 35.5. The Balaban J connectivity index is 0.938. The lowest BCUT2D eigenvalue weighted by Gasteiger charge is -2.71. The number of hydrogen-bond acceptors (Lipinski definition) is 5. The normalized spacial score (nSPS) is 43.1. The van der Waals surface area contributed by atoms with E-state index >= 15 is 0 Å². The number of hydrogen-bond donors (Lipinski definition) is 2. The van der Waals surface area contributed by atoms with Crippen LogP contribution in [0, 0.1) is 51.8 Å². The average molecular weight is 698 g/mol. The highest BCUT2D eigenvalue weighted by atomic mass is 16.5. The Bertz CT molecular complexity index is 1500. The number of aliphatic hydroxyl groups is 1. The fraction of sp³-hybridized carbons (Fsp3) is 0.761. The number of allylic oxidation sites excluding steroid dienone is 4. The molecule has 7 aliphatic rings. The summed E-state index contributed by atoms with van der Waals surface area (Å²) in [5.41, 5.74) is 5.03. The molecule has 1 heterocycles. The van der Waals surface area contributed by atoms with Crippen LogP contribution in [0.1, 0.15) is 136 Å². The molecule has 8 rings (SSSR count). The van der Waals surface area contributed by atoms with Crippen LogP contribution in [0.25, 0.3) is 0 Å². The number of fused-ring (bicyclic) bond motifs is 7. The monoisotopic (exact) mass is 698 g/mol. The fourth-order valence-electron chi connectivity index (χ4n) is 14.2. The molecule has 0 bridgehead atoms. The largest absolute Gasteiger partial charge is 0.461 e. The second kappa shape index (κ2) is 13.7. The van der Waals surface area contributed by atoms with E-state index in [1.54, 1.807) is 5.57 Å². The van der Waals surface area contributed by atoms with Gasteiger partial charge in [-0.15, -0.1) is 0 Å². The maximum atomic E-state index is 13.0. The molecule has 1 saturated heterocycles. The highest BCUT2D eigenvalue weighted by molar-refractivity contribution is 5.73. The Morgan fingerprint density at radius 2 is 1.69 bits per heavy atom. The van der Waals surface area contributed by atoms with Crippen molar-refractivity contribution in [3.63, 3.8) is 0 Å². The summed E-state index contributed by atoms with van der Waals surface area (Å²) in [6.07, 6.45) is 23.6. The molecule has 0 spiro atoms. The number of nitrogens with one attached hydrogen (secondary N) is 1. The van der Waals surface area contributed by atoms with Gasteiger partial charge in [0, 0.05) is 18.8 Å². The first-order chi connectivity index (χ1) is 24.5. The van der Waals surface area contributed by atoms with Gasteiger partial charge in [0.25, 0.3) is 0 Å². The molecule has 2 N–H and O–H groups in total. The molecule has 4 saturated carbocycles. The molecule has 0 aromatic heterocycles. The van der Waals surface area contributed by atoms with E-state index in [-0.39, 0.29) is 17.4 Å². The molecule has 3 unspecified atom stereocenters. The first-order valence-electron chi connectivity index (χ1n) is 21.2. The van der Waals surface area contributed by atoms with Crippen molar-refractivity contribution >= 4 is 5.97 Å². The van der Waals surface area contributed by atoms with E-state index in [0.717, 1.165) is 74.3 Å². The van der Waals surface area contributed by atoms with E-state index in [1.165, 1.54) is 69.8 Å². The highest BCUT2D eigenvalue weighted by Crippen LogP contribution is 2.75. The predicted molar refractivity (Wildman–Crippen MR) is 204 cm³/mol. The minimum atomic E-state index is -0.545. The molecule has 1 aliphatic heterocycles. The van der Waals surface area contributed by atoms with Crippen molar-refractivity contribution in [3.8, 4) is 0 Å². The summed E-state index contributed by atoms with van der Waals surface area (Å²) in [5.74, 6) is 3.62. The Kier molecular flexibility index (Phi) is 9.70. The molecule has 6 aliphatic carbocycles. The fourth-order valence-corrected chi connectivity index (χ4v) is 14.2. The van der Waals surface area contributed by atoms with Crippen LogP contribution < -0.4 is 5.32 Å². The quantitative estimate of drug-likeness (QED) is 0.265. The maximum absolute atomic E-state index is 13.0. The van der Waals surface area contributed by atoms with Crippen LogP contribution in [0.3, 0.4) is 0 Å². The number of esters is 1. The van der Waals surface area contributed by atoms with Gasteiger partial charge in [-0.25, -0.2) is 0 Å².